The number of rotatable bonds is 9. The van der Waals surface area contributed by atoms with E-state index in [0.29, 0.717) is 26.4 Å². The lowest BCUT2D eigenvalue weighted by Crippen LogP contribution is -2.37. The molecule has 6 nitrogen and oxygen atoms in total. The first-order chi connectivity index (χ1) is 11.3. The molecule has 124 valence electrons. The zero-order chi connectivity index (χ0) is 16.3. The van der Waals surface area contributed by atoms with E-state index in [1.165, 1.54) is 5.06 Å². The molecule has 1 heterocycles. The number of nitrogens with one attached hydrogen (secondary N) is 1. The van der Waals surface area contributed by atoms with Crippen LogP contribution in [0.5, 0.6) is 0 Å². The van der Waals surface area contributed by atoms with E-state index >= 15 is 0 Å². The highest BCUT2D eigenvalue weighted by Gasteiger charge is 2.08. The summed E-state index contributed by atoms with van der Waals surface area (Å²) in [5.74, 6) is 0.795. The molecule has 0 unspecified atom stereocenters. The maximum Gasteiger partial charge on any atom is 0.341 e. The second-order valence-electron chi connectivity index (χ2n) is 4.97. The van der Waals surface area contributed by atoms with Crippen molar-refractivity contribution in [2.75, 3.05) is 20.2 Å². The van der Waals surface area contributed by atoms with Crippen molar-refractivity contribution in [3.05, 3.63) is 60.1 Å². The summed E-state index contributed by atoms with van der Waals surface area (Å²) in [5.41, 5.74) is 1.01. The minimum absolute atomic E-state index is 0.271. The van der Waals surface area contributed by atoms with Crippen LogP contribution in [0, 0.1) is 0 Å². The lowest BCUT2D eigenvalue weighted by molar-refractivity contribution is -0.109. The zero-order valence-corrected chi connectivity index (χ0v) is 13.2. The first-order valence-corrected chi connectivity index (χ1v) is 7.54. The van der Waals surface area contributed by atoms with Crippen LogP contribution in [-0.2, 0) is 22.8 Å². The molecular formula is C17H22N2O4. The predicted octanol–water partition coefficient (Wildman–Crippen LogP) is 2.96. The Morgan fingerprint density at radius 1 is 1.17 bits per heavy atom. The first-order valence-electron chi connectivity index (χ1n) is 7.54. The van der Waals surface area contributed by atoms with Gasteiger partial charge < -0.3 is 14.5 Å². The van der Waals surface area contributed by atoms with Gasteiger partial charge in [-0.25, -0.2) is 9.86 Å². The van der Waals surface area contributed by atoms with E-state index in [1.54, 1.807) is 13.3 Å². The smallest absolute Gasteiger partial charge is 0.341 e. The van der Waals surface area contributed by atoms with Gasteiger partial charge in [0, 0.05) is 20.2 Å². The molecule has 2 rings (SSSR count). The third-order valence-corrected chi connectivity index (χ3v) is 3.12. The highest BCUT2D eigenvalue weighted by Crippen LogP contribution is 2.03. The Morgan fingerprint density at radius 2 is 2.00 bits per heavy atom. The van der Waals surface area contributed by atoms with Crippen molar-refractivity contribution in [2.24, 2.45) is 0 Å². The standard InChI is InChI=1S/C17H22N2O4/c1-19(23-13-15-7-3-2-4-8-15)17(20)18-10-6-11-21-14-16-9-5-12-22-16/h2-5,7-9,12H,6,10-11,13-14H2,1H3,(H,18,20). The third kappa shape index (κ3) is 6.54. The minimum Gasteiger partial charge on any atom is -0.467 e. The summed E-state index contributed by atoms with van der Waals surface area (Å²) in [7, 11) is 1.59. The largest absolute Gasteiger partial charge is 0.467 e. The fourth-order valence-corrected chi connectivity index (χ4v) is 1.85. The fraction of sp³-hybridized carbons (Fsp3) is 0.353. The predicted molar refractivity (Wildman–Crippen MR) is 85.4 cm³/mol. The van der Waals surface area contributed by atoms with E-state index in [9.17, 15) is 4.79 Å². The van der Waals surface area contributed by atoms with Gasteiger partial charge in [-0.1, -0.05) is 30.3 Å². The van der Waals surface area contributed by atoms with Crippen LogP contribution in [0.4, 0.5) is 4.79 Å². The highest BCUT2D eigenvalue weighted by molar-refractivity contribution is 5.72. The van der Waals surface area contributed by atoms with Gasteiger partial charge in [0.2, 0.25) is 0 Å². The van der Waals surface area contributed by atoms with E-state index in [-0.39, 0.29) is 6.03 Å². The molecule has 23 heavy (non-hydrogen) atoms. The fourth-order valence-electron chi connectivity index (χ4n) is 1.85. The molecule has 0 saturated heterocycles. The average Bonchev–Trinajstić information content (AvgIpc) is 3.10. The van der Waals surface area contributed by atoms with E-state index in [1.807, 2.05) is 42.5 Å². The zero-order valence-electron chi connectivity index (χ0n) is 13.2. The van der Waals surface area contributed by atoms with Crippen molar-refractivity contribution >= 4 is 6.03 Å². The number of hydroxylamine groups is 2. The van der Waals surface area contributed by atoms with Crippen molar-refractivity contribution in [1.82, 2.24) is 10.4 Å². The van der Waals surface area contributed by atoms with Crippen LogP contribution >= 0.6 is 0 Å². The van der Waals surface area contributed by atoms with Crippen LogP contribution in [0.25, 0.3) is 0 Å². The average molecular weight is 318 g/mol. The molecule has 0 aliphatic rings. The van der Waals surface area contributed by atoms with Gasteiger partial charge in [-0.3, -0.25) is 4.84 Å². The number of furan rings is 1. The Bertz CT molecular complexity index is 557. The van der Waals surface area contributed by atoms with Crippen molar-refractivity contribution < 1.29 is 18.8 Å². The number of carbonyl (C=O) groups excluding carboxylic acids is 1. The Morgan fingerprint density at radius 3 is 2.74 bits per heavy atom. The summed E-state index contributed by atoms with van der Waals surface area (Å²) in [6.45, 7) is 1.88. The second-order valence-corrected chi connectivity index (χ2v) is 4.97. The Balaban J connectivity index is 1.51. The lowest BCUT2D eigenvalue weighted by atomic mass is 10.2. The van der Waals surface area contributed by atoms with Gasteiger partial charge in [0.25, 0.3) is 0 Å². The van der Waals surface area contributed by atoms with Crippen LogP contribution in [0.15, 0.2) is 53.1 Å². The van der Waals surface area contributed by atoms with Gasteiger partial charge in [-0.2, -0.15) is 0 Å². The maximum atomic E-state index is 11.8. The summed E-state index contributed by atoms with van der Waals surface area (Å²) >= 11 is 0. The molecule has 1 aromatic carbocycles. The van der Waals surface area contributed by atoms with Crippen molar-refractivity contribution in [1.29, 1.82) is 0 Å². The Hall–Kier alpha value is -2.31. The number of amides is 2. The van der Waals surface area contributed by atoms with Gasteiger partial charge in [0.15, 0.2) is 0 Å². The van der Waals surface area contributed by atoms with Crippen LogP contribution < -0.4 is 5.32 Å². The summed E-state index contributed by atoms with van der Waals surface area (Å²) in [6, 6.07) is 13.1. The molecule has 2 aromatic rings. The number of hydrogen-bond donors (Lipinski definition) is 1. The number of ether oxygens (including phenoxy) is 1. The van der Waals surface area contributed by atoms with Gasteiger partial charge in [0.05, 0.1) is 6.26 Å². The molecule has 1 aromatic heterocycles. The maximum absolute atomic E-state index is 11.8. The molecule has 0 atom stereocenters. The number of nitrogens with zero attached hydrogens (tertiary/aromatic N) is 1. The molecule has 0 saturated carbocycles. The molecular weight excluding hydrogens is 296 g/mol. The number of benzene rings is 1. The normalized spacial score (nSPS) is 10.5. The monoisotopic (exact) mass is 318 g/mol. The van der Waals surface area contributed by atoms with Gasteiger partial charge in [-0.15, -0.1) is 0 Å². The Kier molecular flexibility index (Phi) is 7.16. The molecule has 0 radical (unpaired) electrons. The van der Waals surface area contributed by atoms with E-state index in [0.717, 1.165) is 17.7 Å². The molecule has 2 amide bonds. The molecule has 0 aliphatic carbocycles. The molecule has 0 spiro atoms. The topological polar surface area (TPSA) is 63.9 Å². The van der Waals surface area contributed by atoms with Gasteiger partial charge >= 0.3 is 6.03 Å². The molecule has 1 N–H and O–H groups in total. The lowest BCUT2D eigenvalue weighted by Gasteiger charge is -2.17. The Labute approximate surface area is 135 Å². The first kappa shape index (κ1) is 17.1. The van der Waals surface area contributed by atoms with E-state index < -0.39 is 0 Å². The van der Waals surface area contributed by atoms with Crippen LogP contribution in [0.1, 0.15) is 17.7 Å². The summed E-state index contributed by atoms with van der Waals surface area (Å²) in [4.78, 5) is 17.2. The third-order valence-electron chi connectivity index (χ3n) is 3.12. The van der Waals surface area contributed by atoms with Gasteiger partial charge in [-0.05, 0) is 24.1 Å². The van der Waals surface area contributed by atoms with Crippen LogP contribution in [-0.4, -0.2) is 31.3 Å². The molecule has 6 heteroatoms. The van der Waals surface area contributed by atoms with Crippen molar-refractivity contribution in [3.8, 4) is 0 Å². The van der Waals surface area contributed by atoms with Crippen LogP contribution in [0.2, 0.25) is 0 Å². The summed E-state index contributed by atoms with van der Waals surface area (Å²) < 4.78 is 10.6. The summed E-state index contributed by atoms with van der Waals surface area (Å²) in [5, 5.41) is 3.98. The second kappa shape index (κ2) is 9.66. The van der Waals surface area contributed by atoms with E-state index in [4.69, 9.17) is 14.0 Å². The van der Waals surface area contributed by atoms with Crippen LogP contribution in [0.3, 0.4) is 0 Å². The number of urea groups is 1. The molecule has 0 aliphatic heterocycles. The van der Waals surface area contributed by atoms with Gasteiger partial charge in [0.1, 0.15) is 19.0 Å². The van der Waals surface area contributed by atoms with Crippen molar-refractivity contribution in [2.45, 2.75) is 19.6 Å². The highest BCUT2D eigenvalue weighted by atomic mass is 16.7. The summed E-state index contributed by atoms with van der Waals surface area (Å²) in [6.07, 6.45) is 2.34. The SMILES string of the molecule is CN(OCc1ccccc1)C(=O)NCCCOCc1ccco1. The molecule has 0 fully saturated rings. The number of hydrogen-bond acceptors (Lipinski definition) is 4. The number of carbonyl (C=O) groups is 1. The minimum atomic E-state index is -0.271. The molecule has 0 bridgehead atoms. The van der Waals surface area contributed by atoms with Crippen molar-refractivity contribution in [3.63, 3.8) is 0 Å². The quantitative estimate of drug-likeness (QED) is 0.570. The van der Waals surface area contributed by atoms with E-state index in [2.05, 4.69) is 5.32 Å².